The summed E-state index contributed by atoms with van der Waals surface area (Å²) in [4.78, 5) is 13.9. The van der Waals surface area contributed by atoms with E-state index in [0.29, 0.717) is 17.6 Å². The highest BCUT2D eigenvalue weighted by Gasteiger charge is 2.26. The first-order chi connectivity index (χ1) is 9.61. The monoisotopic (exact) mass is 293 g/mol. The van der Waals surface area contributed by atoms with Crippen LogP contribution in [0, 0.1) is 6.92 Å². The molecule has 1 aromatic carbocycles. The molecule has 0 aromatic heterocycles. The van der Waals surface area contributed by atoms with Gasteiger partial charge in [-0.2, -0.15) is 0 Å². The molecule has 1 N–H and O–H groups in total. The zero-order valence-electron chi connectivity index (χ0n) is 11.7. The van der Waals surface area contributed by atoms with Crippen molar-refractivity contribution in [1.82, 2.24) is 4.90 Å². The van der Waals surface area contributed by atoms with Gasteiger partial charge in [-0.05, 0) is 49.5 Å². The molecular formula is C16H20ClNO2. The van der Waals surface area contributed by atoms with Crippen LogP contribution >= 0.6 is 11.6 Å². The molecule has 1 fully saturated rings. The molecule has 20 heavy (non-hydrogen) atoms. The minimum absolute atomic E-state index is 0.00639. The van der Waals surface area contributed by atoms with Crippen molar-refractivity contribution >= 4 is 23.6 Å². The molecule has 0 aliphatic heterocycles. The van der Waals surface area contributed by atoms with E-state index in [4.69, 9.17) is 16.7 Å². The number of aliphatic hydroxyl groups is 1. The van der Waals surface area contributed by atoms with Gasteiger partial charge in [-0.15, -0.1) is 0 Å². The molecule has 1 aliphatic carbocycles. The summed E-state index contributed by atoms with van der Waals surface area (Å²) < 4.78 is 0. The van der Waals surface area contributed by atoms with Gasteiger partial charge in [0.2, 0.25) is 5.91 Å². The zero-order chi connectivity index (χ0) is 14.5. The smallest absolute Gasteiger partial charge is 0.246 e. The summed E-state index contributed by atoms with van der Waals surface area (Å²) in [6.45, 7) is 2.36. The van der Waals surface area contributed by atoms with Crippen LogP contribution in [0.5, 0.6) is 0 Å². The lowest BCUT2D eigenvalue weighted by Gasteiger charge is -2.36. The van der Waals surface area contributed by atoms with Crippen LogP contribution < -0.4 is 0 Å². The molecule has 1 saturated carbocycles. The van der Waals surface area contributed by atoms with Crippen LogP contribution in [0.4, 0.5) is 0 Å². The first kappa shape index (κ1) is 15.1. The number of nitrogens with zero attached hydrogens (tertiary/aromatic N) is 1. The van der Waals surface area contributed by atoms with Gasteiger partial charge in [-0.1, -0.05) is 23.7 Å². The number of hydrogen-bond acceptors (Lipinski definition) is 2. The number of carbonyl (C=O) groups excluding carboxylic acids is 1. The molecule has 0 heterocycles. The lowest BCUT2D eigenvalue weighted by Crippen LogP contribution is -2.44. The number of hydrogen-bond donors (Lipinski definition) is 1. The van der Waals surface area contributed by atoms with Gasteiger partial charge in [0.1, 0.15) is 0 Å². The van der Waals surface area contributed by atoms with Crippen LogP contribution in [0.1, 0.15) is 30.4 Å². The predicted molar refractivity (Wildman–Crippen MR) is 81.7 cm³/mol. The highest BCUT2D eigenvalue weighted by molar-refractivity contribution is 6.31. The Kier molecular flexibility index (Phi) is 5.21. The summed E-state index contributed by atoms with van der Waals surface area (Å²) in [5, 5.41) is 9.77. The van der Waals surface area contributed by atoms with Gasteiger partial charge in [0.25, 0.3) is 0 Å². The lowest BCUT2D eigenvalue weighted by atomic mass is 9.91. The molecule has 1 amide bonds. The van der Waals surface area contributed by atoms with Crippen molar-refractivity contribution in [3.8, 4) is 0 Å². The average molecular weight is 294 g/mol. The van der Waals surface area contributed by atoms with Crippen LogP contribution in [0.2, 0.25) is 5.02 Å². The van der Waals surface area contributed by atoms with Gasteiger partial charge in [-0.3, -0.25) is 4.79 Å². The topological polar surface area (TPSA) is 40.5 Å². The molecule has 3 nitrogen and oxygen atoms in total. The maximum absolute atomic E-state index is 12.2. The third kappa shape index (κ3) is 3.62. The maximum Gasteiger partial charge on any atom is 0.246 e. The normalized spacial score (nSPS) is 15.3. The lowest BCUT2D eigenvalue weighted by molar-refractivity contribution is -0.130. The molecule has 0 saturated heterocycles. The van der Waals surface area contributed by atoms with E-state index in [1.54, 1.807) is 17.1 Å². The van der Waals surface area contributed by atoms with E-state index in [1.165, 1.54) is 0 Å². The number of rotatable bonds is 5. The van der Waals surface area contributed by atoms with Crippen molar-refractivity contribution in [2.24, 2.45) is 0 Å². The van der Waals surface area contributed by atoms with Crippen LogP contribution in [-0.2, 0) is 4.79 Å². The van der Waals surface area contributed by atoms with E-state index in [1.807, 2.05) is 25.1 Å². The summed E-state index contributed by atoms with van der Waals surface area (Å²) in [6, 6.07) is 6.01. The van der Waals surface area contributed by atoms with Crippen molar-refractivity contribution in [1.29, 1.82) is 0 Å². The Labute approximate surface area is 124 Å². The molecular weight excluding hydrogens is 274 g/mol. The van der Waals surface area contributed by atoms with E-state index >= 15 is 0 Å². The number of aliphatic hydroxyl groups excluding tert-OH is 1. The largest absolute Gasteiger partial charge is 0.395 e. The van der Waals surface area contributed by atoms with Crippen LogP contribution in [-0.4, -0.2) is 35.1 Å². The quantitative estimate of drug-likeness (QED) is 0.848. The molecule has 4 heteroatoms. The Morgan fingerprint density at radius 1 is 1.50 bits per heavy atom. The number of aryl methyl sites for hydroxylation is 1. The van der Waals surface area contributed by atoms with E-state index < -0.39 is 0 Å². The first-order valence-electron chi connectivity index (χ1n) is 6.97. The molecule has 108 valence electrons. The molecule has 0 spiro atoms. The van der Waals surface area contributed by atoms with Crippen molar-refractivity contribution in [2.45, 2.75) is 32.2 Å². The van der Waals surface area contributed by atoms with Gasteiger partial charge >= 0.3 is 0 Å². The highest BCUT2D eigenvalue weighted by atomic mass is 35.5. The van der Waals surface area contributed by atoms with Gasteiger partial charge in [-0.25, -0.2) is 0 Å². The third-order valence-corrected chi connectivity index (χ3v) is 4.16. The fourth-order valence-electron chi connectivity index (χ4n) is 2.25. The summed E-state index contributed by atoms with van der Waals surface area (Å²) >= 11 is 6.06. The first-order valence-corrected chi connectivity index (χ1v) is 7.35. The molecule has 0 atom stereocenters. The second kappa shape index (κ2) is 6.91. The number of amides is 1. The number of halogens is 1. The number of carbonyl (C=O) groups is 1. The van der Waals surface area contributed by atoms with Gasteiger partial charge in [0, 0.05) is 23.7 Å². The third-order valence-electron chi connectivity index (χ3n) is 3.75. The van der Waals surface area contributed by atoms with Crippen molar-refractivity contribution < 1.29 is 9.90 Å². The summed E-state index contributed by atoms with van der Waals surface area (Å²) in [5.41, 5.74) is 1.93. The van der Waals surface area contributed by atoms with E-state index in [-0.39, 0.29) is 12.5 Å². The Bertz CT molecular complexity index is 509. The minimum Gasteiger partial charge on any atom is -0.395 e. The van der Waals surface area contributed by atoms with Gasteiger partial charge in [0.05, 0.1) is 6.61 Å². The summed E-state index contributed by atoms with van der Waals surface area (Å²) in [5.74, 6) is -0.0413. The second-order valence-electron chi connectivity index (χ2n) is 5.18. The van der Waals surface area contributed by atoms with Crippen LogP contribution in [0.3, 0.4) is 0 Å². The van der Waals surface area contributed by atoms with Gasteiger partial charge in [0.15, 0.2) is 0 Å². The summed E-state index contributed by atoms with van der Waals surface area (Å²) in [7, 11) is 0. The standard InChI is InChI=1S/C16H20ClNO2/c1-12-5-6-13(11-15(12)17)7-8-16(20)18(9-10-19)14-3-2-4-14/h5-8,11,14,19H,2-4,9-10H2,1H3/b8-7+. The molecule has 2 rings (SSSR count). The second-order valence-corrected chi connectivity index (χ2v) is 5.59. The predicted octanol–water partition coefficient (Wildman–Crippen LogP) is 3.04. The molecule has 0 unspecified atom stereocenters. The SMILES string of the molecule is Cc1ccc(/C=C/C(=O)N(CCO)C2CCC2)cc1Cl. The van der Waals surface area contributed by atoms with Crippen molar-refractivity contribution in [2.75, 3.05) is 13.2 Å². The van der Waals surface area contributed by atoms with Gasteiger partial charge < -0.3 is 10.0 Å². The fourth-order valence-corrected chi connectivity index (χ4v) is 2.44. The summed E-state index contributed by atoms with van der Waals surface area (Å²) in [6.07, 6.45) is 6.58. The minimum atomic E-state index is -0.0413. The van der Waals surface area contributed by atoms with Crippen LogP contribution in [0.25, 0.3) is 6.08 Å². The highest BCUT2D eigenvalue weighted by Crippen LogP contribution is 2.25. The Balaban J connectivity index is 2.04. The maximum atomic E-state index is 12.2. The Hall–Kier alpha value is -1.32. The molecule has 0 bridgehead atoms. The Morgan fingerprint density at radius 3 is 2.80 bits per heavy atom. The van der Waals surface area contributed by atoms with E-state index in [0.717, 1.165) is 30.4 Å². The van der Waals surface area contributed by atoms with Crippen molar-refractivity contribution in [3.63, 3.8) is 0 Å². The molecule has 1 aliphatic rings. The molecule has 0 radical (unpaired) electrons. The van der Waals surface area contributed by atoms with Crippen molar-refractivity contribution in [3.05, 3.63) is 40.4 Å². The fraction of sp³-hybridized carbons (Fsp3) is 0.438. The van der Waals surface area contributed by atoms with E-state index in [9.17, 15) is 4.79 Å². The van der Waals surface area contributed by atoms with Crippen LogP contribution in [0.15, 0.2) is 24.3 Å². The van der Waals surface area contributed by atoms with E-state index in [2.05, 4.69) is 0 Å². The molecule has 1 aromatic rings. The zero-order valence-corrected chi connectivity index (χ0v) is 12.4. The number of benzene rings is 1. The Morgan fingerprint density at radius 2 is 2.25 bits per heavy atom. The average Bonchev–Trinajstić information content (AvgIpc) is 2.37.